The van der Waals surface area contributed by atoms with Crippen LogP contribution in [0.3, 0.4) is 0 Å². The second-order valence-electron chi connectivity index (χ2n) is 4.98. The highest BCUT2D eigenvalue weighted by Gasteiger charge is 2.21. The van der Waals surface area contributed by atoms with Crippen LogP contribution in [0.2, 0.25) is 5.02 Å². The summed E-state index contributed by atoms with van der Waals surface area (Å²) in [5.41, 5.74) is 1.55. The second kappa shape index (κ2) is 8.01. The molecule has 1 atom stereocenters. The van der Waals surface area contributed by atoms with Gasteiger partial charge in [0.2, 0.25) is 0 Å². The molecule has 0 bridgehead atoms. The first kappa shape index (κ1) is 16.6. The molecule has 5 heteroatoms. The van der Waals surface area contributed by atoms with Gasteiger partial charge in [-0.05, 0) is 30.8 Å². The van der Waals surface area contributed by atoms with Crippen LogP contribution in [0.5, 0.6) is 0 Å². The number of hydrogen-bond acceptors (Lipinski definition) is 3. The van der Waals surface area contributed by atoms with Gasteiger partial charge in [-0.2, -0.15) is 0 Å². The number of amides is 1. The van der Waals surface area contributed by atoms with Gasteiger partial charge in [-0.15, -0.1) is 0 Å². The molecule has 0 saturated carbocycles. The molecule has 0 radical (unpaired) electrons. The number of likely N-dealkylation sites (N-methyl/N-ethyl adjacent to an activating group) is 1. The molecule has 1 unspecified atom stereocenters. The number of carbonyl (C=O) groups is 1. The molecule has 2 rings (SSSR count). The summed E-state index contributed by atoms with van der Waals surface area (Å²) in [6.45, 7) is 6.47. The van der Waals surface area contributed by atoms with Gasteiger partial charge in [-0.25, -0.2) is 0 Å². The van der Waals surface area contributed by atoms with E-state index in [0.717, 1.165) is 23.7 Å². The molecule has 0 aliphatic carbocycles. The number of hydrogen-bond donors (Lipinski definition) is 1. The van der Waals surface area contributed by atoms with E-state index in [1.165, 1.54) is 12.5 Å². The molecule has 0 spiro atoms. The van der Waals surface area contributed by atoms with Gasteiger partial charge in [-0.3, -0.25) is 9.69 Å². The maximum atomic E-state index is 12.1. The van der Waals surface area contributed by atoms with Gasteiger partial charge in [-0.1, -0.05) is 43.6 Å². The van der Waals surface area contributed by atoms with Gasteiger partial charge < -0.3 is 9.73 Å². The first-order chi connectivity index (χ1) is 10.7. The van der Waals surface area contributed by atoms with Crippen molar-refractivity contribution in [2.75, 3.05) is 19.6 Å². The lowest BCUT2D eigenvalue weighted by Crippen LogP contribution is -2.38. The third-order valence-corrected chi connectivity index (χ3v) is 4.10. The first-order valence-corrected chi connectivity index (χ1v) is 7.84. The van der Waals surface area contributed by atoms with Crippen LogP contribution < -0.4 is 5.32 Å². The number of halogens is 1. The van der Waals surface area contributed by atoms with Crippen molar-refractivity contribution in [2.45, 2.75) is 19.9 Å². The summed E-state index contributed by atoms with van der Waals surface area (Å²) < 4.78 is 4.94. The number of nitrogens with one attached hydrogen (secondary N) is 1. The lowest BCUT2D eigenvalue weighted by molar-refractivity contribution is 0.0934. The predicted octanol–water partition coefficient (Wildman–Crippen LogP) is 3.75. The van der Waals surface area contributed by atoms with Crippen molar-refractivity contribution in [3.63, 3.8) is 0 Å². The van der Waals surface area contributed by atoms with Crippen molar-refractivity contribution in [3.8, 4) is 0 Å². The molecule has 4 nitrogen and oxygen atoms in total. The lowest BCUT2D eigenvalue weighted by atomic mass is 10.0. The van der Waals surface area contributed by atoms with Gasteiger partial charge in [0.15, 0.2) is 0 Å². The van der Waals surface area contributed by atoms with Crippen LogP contribution in [-0.2, 0) is 0 Å². The van der Waals surface area contributed by atoms with Crippen molar-refractivity contribution < 1.29 is 9.21 Å². The van der Waals surface area contributed by atoms with Gasteiger partial charge in [0, 0.05) is 11.6 Å². The zero-order chi connectivity index (χ0) is 15.9. The van der Waals surface area contributed by atoms with Crippen LogP contribution in [0.25, 0.3) is 0 Å². The fourth-order valence-electron chi connectivity index (χ4n) is 2.53. The Morgan fingerprint density at radius 1 is 1.27 bits per heavy atom. The molecule has 0 aliphatic rings. The summed E-state index contributed by atoms with van der Waals surface area (Å²) in [7, 11) is 0. The average molecular weight is 321 g/mol. The van der Waals surface area contributed by atoms with E-state index in [4.69, 9.17) is 16.0 Å². The molecule has 0 fully saturated rings. The zero-order valence-electron chi connectivity index (χ0n) is 12.9. The molecule has 22 heavy (non-hydrogen) atoms. The van der Waals surface area contributed by atoms with Crippen LogP contribution in [0, 0.1) is 0 Å². The van der Waals surface area contributed by atoms with Crippen LogP contribution in [0.4, 0.5) is 0 Å². The maximum Gasteiger partial charge on any atom is 0.254 e. The van der Waals surface area contributed by atoms with E-state index in [-0.39, 0.29) is 11.9 Å². The normalized spacial score (nSPS) is 12.4. The average Bonchev–Trinajstić information content (AvgIpc) is 3.06. The SMILES string of the molecule is CCN(CC)C(CNC(=O)c1ccoc1)c1ccccc1Cl. The molecule has 1 aromatic heterocycles. The molecule has 118 valence electrons. The van der Waals surface area contributed by atoms with Gasteiger partial charge in [0.1, 0.15) is 6.26 Å². The monoisotopic (exact) mass is 320 g/mol. The summed E-state index contributed by atoms with van der Waals surface area (Å²) in [6.07, 6.45) is 2.93. The molecular weight excluding hydrogens is 300 g/mol. The summed E-state index contributed by atoms with van der Waals surface area (Å²) >= 11 is 6.34. The maximum absolute atomic E-state index is 12.1. The van der Waals surface area contributed by atoms with Crippen molar-refractivity contribution in [2.24, 2.45) is 0 Å². The van der Waals surface area contributed by atoms with Gasteiger partial charge in [0.25, 0.3) is 5.91 Å². The lowest BCUT2D eigenvalue weighted by Gasteiger charge is -2.30. The van der Waals surface area contributed by atoms with Crippen molar-refractivity contribution >= 4 is 17.5 Å². The van der Waals surface area contributed by atoms with Crippen LogP contribution >= 0.6 is 11.6 Å². The highest BCUT2D eigenvalue weighted by Crippen LogP contribution is 2.27. The second-order valence-corrected chi connectivity index (χ2v) is 5.39. The summed E-state index contributed by atoms with van der Waals surface area (Å²) in [4.78, 5) is 14.4. The quantitative estimate of drug-likeness (QED) is 0.845. The van der Waals surface area contributed by atoms with Crippen LogP contribution in [-0.4, -0.2) is 30.4 Å². The number of benzene rings is 1. The summed E-state index contributed by atoms with van der Waals surface area (Å²) in [5, 5.41) is 3.68. The van der Waals surface area contributed by atoms with Gasteiger partial charge >= 0.3 is 0 Å². The number of rotatable bonds is 7. The fourth-order valence-corrected chi connectivity index (χ4v) is 2.79. The number of nitrogens with zero attached hydrogens (tertiary/aromatic N) is 1. The number of furan rings is 1. The highest BCUT2D eigenvalue weighted by molar-refractivity contribution is 6.31. The smallest absolute Gasteiger partial charge is 0.254 e. The van der Waals surface area contributed by atoms with E-state index in [2.05, 4.69) is 24.1 Å². The third kappa shape index (κ3) is 3.90. The van der Waals surface area contributed by atoms with E-state index in [1.807, 2.05) is 24.3 Å². The van der Waals surface area contributed by atoms with Crippen LogP contribution in [0.15, 0.2) is 47.3 Å². The van der Waals surface area contributed by atoms with E-state index < -0.39 is 0 Å². The minimum absolute atomic E-state index is 0.0413. The minimum atomic E-state index is -0.141. The van der Waals surface area contributed by atoms with Gasteiger partial charge in [0.05, 0.1) is 17.9 Å². The van der Waals surface area contributed by atoms with E-state index in [0.29, 0.717) is 12.1 Å². The fraction of sp³-hybridized carbons (Fsp3) is 0.353. The van der Waals surface area contributed by atoms with Crippen molar-refractivity contribution in [1.82, 2.24) is 10.2 Å². The summed E-state index contributed by atoms with van der Waals surface area (Å²) in [5.74, 6) is -0.141. The zero-order valence-corrected chi connectivity index (χ0v) is 13.6. The molecule has 1 N–H and O–H groups in total. The Labute approximate surface area is 136 Å². The molecule has 2 aromatic rings. The minimum Gasteiger partial charge on any atom is -0.472 e. The highest BCUT2D eigenvalue weighted by atomic mass is 35.5. The Morgan fingerprint density at radius 2 is 2.00 bits per heavy atom. The third-order valence-electron chi connectivity index (χ3n) is 3.76. The Bertz CT molecular complexity index is 594. The number of carbonyl (C=O) groups excluding carboxylic acids is 1. The van der Waals surface area contributed by atoms with Crippen molar-refractivity contribution in [1.29, 1.82) is 0 Å². The first-order valence-electron chi connectivity index (χ1n) is 7.46. The molecule has 0 aliphatic heterocycles. The molecular formula is C17H21ClN2O2. The summed E-state index contributed by atoms with van der Waals surface area (Å²) in [6, 6.07) is 9.46. The van der Waals surface area contributed by atoms with Crippen LogP contribution in [0.1, 0.15) is 35.8 Å². The standard InChI is InChI=1S/C17H21ClN2O2/c1-3-20(4-2)16(14-7-5-6-8-15(14)18)11-19-17(21)13-9-10-22-12-13/h5-10,12,16H,3-4,11H2,1-2H3,(H,19,21). The Hall–Kier alpha value is -1.78. The Kier molecular flexibility index (Phi) is 6.04. The molecule has 1 aromatic carbocycles. The largest absolute Gasteiger partial charge is 0.472 e. The predicted molar refractivity (Wildman–Crippen MR) is 88.2 cm³/mol. The van der Waals surface area contributed by atoms with Crippen molar-refractivity contribution in [3.05, 3.63) is 59.0 Å². The Morgan fingerprint density at radius 3 is 2.59 bits per heavy atom. The van der Waals surface area contributed by atoms with E-state index >= 15 is 0 Å². The Balaban J connectivity index is 2.15. The molecule has 1 amide bonds. The molecule has 0 saturated heterocycles. The topological polar surface area (TPSA) is 45.5 Å². The van der Waals surface area contributed by atoms with E-state index in [1.54, 1.807) is 6.07 Å². The van der Waals surface area contributed by atoms with E-state index in [9.17, 15) is 4.79 Å². The molecule has 1 heterocycles.